The van der Waals surface area contributed by atoms with E-state index in [0.29, 0.717) is 6.42 Å². The molecular formula is C11H18O3S. The smallest absolute Gasteiger partial charge is 0.267 e. The van der Waals surface area contributed by atoms with Gasteiger partial charge in [0, 0.05) is 0 Å². The molecule has 0 heterocycles. The van der Waals surface area contributed by atoms with Gasteiger partial charge in [0.2, 0.25) is 0 Å². The van der Waals surface area contributed by atoms with E-state index in [9.17, 15) is 8.42 Å². The van der Waals surface area contributed by atoms with Crippen LogP contribution in [0.5, 0.6) is 0 Å². The highest BCUT2D eigenvalue weighted by atomic mass is 32.2. The van der Waals surface area contributed by atoms with Gasteiger partial charge in [-0.1, -0.05) is 19.4 Å². The minimum absolute atomic E-state index is 0.0924. The third kappa shape index (κ3) is 3.82. The molecule has 0 aromatic carbocycles. The molecule has 1 unspecified atom stereocenters. The summed E-state index contributed by atoms with van der Waals surface area (Å²) < 4.78 is 28.6. The summed E-state index contributed by atoms with van der Waals surface area (Å²) in [5.74, 6) is 0. The zero-order chi connectivity index (χ0) is 11.3. The second-order valence-corrected chi connectivity index (χ2v) is 5.93. The Morgan fingerprint density at radius 2 is 2.13 bits per heavy atom. The van der Waals surface area contributed by atoms with Gasteiger partial charge in [0.15, 0.2) is 0 Å². The first kappa shape index (κ1) is 12.5. The number of hydrogen-bond donors (Lipinski definition) is 0. The molecular weight excluding hydrogens is 212 g/mol. The molecule has 1 atom stereocenters. The predicted octanol–water partition coefficient (Wildman–Crippen LogP) is 2.40. The van der Waals surface area contributed by atoms with Crippen molar-refractivity contribution >= 4 is 10.1 Å². The minimum Gasteiger partial charge on any atom is -0.267 e. The molecule has 3 nitrogen and oxygen atoms in total. The predicted molar refractivity (Wildman–Crippen MR) is 60.0 cm³/mol. The van der Waals surface area contributed by atoms with Gasteiger partial charge in [0.25, 0.3) is 10.1 Å². The summed E-state index contributed by atoms with van der Waals surface area (Å²) in [6.07, 6.45) is 5.82. The molecule has 0 radical (unpaired) electrons. The quantitative estimate of drug-likeness (QED) is 0.538. The molecule has 0 bridgehead atoms. The van der Waals surface area contributed by atoms with E-state index in [1.54, 1.807) is 13.0 Å². The monoisotopic (exact) mass is 230 g/mol. The molecule has 1 fully saturated rings. The molecule has 1 aliphatic carbocycles. The SMILES string of the molecule is C=C=CCC(C)S(=O)(=O)OC1CCCC1. The largest absolute Gasteiger partial charge is 0.270 e. The van der Waals surface area contributed by atoms with Gasteiger partial charge in [-0.25, -0.2) is 0 Å². The lowest BCUT2D eigenvalue weighted by molar-refractivity contribution is 0.214. The van der Waals surface area contributed by atoms with Crippen LogP contribution in [0, 0.1) is 0 Å². The molecule has 15 heavy (non-hydrogen) atoms. The second-order valence-electron chi connectivity index (χ2n) is 3.95. The highest BCUT2D eigenvalue weighted by molar-refractivity contribution is 7.87. The normalized spacial score (nSPS) is 19.8. The Morgan fingerprint density at radius 3 is 2.67 bits per heavy atom. The lowest BCUT2D eigenvalue weighted by Gasteiger charge is -2.15. The Kier molecular flexibility index (Phi) is 4.58. The highest BCUT2D eigenvalue weighted by Gasteiger charge is 2.27. The van der Waals surface area contributed by atoms with Gasteiger partial charge >= 0.3 is 0 Å². The average molecular weight is 230 g/mol. The van der Waals surface area contributed by atoms with Crippen molar-refractivity contribution in [3.63, 3.8) is 0 Å². The topological polar surface area (TPSA) is 43.4 Å². The molecule has 0 spiro atoms. The summed E-state index contributed by atoms with van der Waals surface area (Å²) in [5, 5.41) is -0.507. The molecule has 1 aliphatic rings. The van der Waals surface area contributed by atoms with E-state index in [4.69, 9.17) is 4.18 Å². The zero-order valence-electron chi connectivity index (χ0n) is 9.11. The van der Waals surface area contributed by atoms with Crippen LogP contribution in [0.3, 0.4) is 0 Å². The van der Waals surface area contributed by atoms with E-state index in [1.807, 2.05) is 0 Å². The van der Waals surface area contributed by atoms with Crippen LogP contribution in [-0.4, -0.2) is 19.8 Å². The maximum atomic E-state index is 11.7. The Hall–Kier alpha value is -0.570. The standard InChI is InChI=1S/C11H18O3S/c1-3-4-7-10(2)15(12,13)14-11-8-5-6-9-11/h4,10-11H,1,5-9H2,2H3. The molecule has 86 valence electrons. The molecule has 0 amide bonds. The Balaban J connectivity index is 2.52. The molecule has 0 saturated heterocycles. The van der Waals surface area contributed by atoms with Crippen LogP contribution in [-0.2, 0) is 14.3 Å². The third-order valence-corrected chi connectivity index (χ3v) is 4.38. The number of hydrogen-bond acceptors (Lipinski definition) is 3. The van der Waals surface area contributed by atoms with Gasteiger partial charge in [-0.15, -0.1) is 5.73 Å². The van der Waals surface area contributed by atoms with Crippen LogP contribution in [0.15, 0.2) is 18.4 Å². The summed E-state index contributed by atoms with van der Waals surface area (Å²) in [6.45, 7) is 5.05. The lowest BCUT2D eigenvalue weighted by atomic mass is 10.3. The Labute approximate surface area is 92.0 Å². The van der Waals surface area contributed by atoms with E-state index in [2.05, 4.69) is 12.3 Å². The summed E-state index contributed by atoms with van der Waals surface area (Å²) >= 11 is 0. The first-order valence-corrected chi connectivity index (χ1v) is 6.80. The molecule has 0 aromatic rings. The fraction of sp³-hybridized carbons (Fsp3) is 0.727. The first-order valence-electron chi connectivity index (χ1n) is 5.32. The van der Waals surface area contributed by atoms with E-state index >= 15 is 0 Å². The van der Waals surface area contributed by atoms with E-state index < -0.39 is 15.4 Å². The average Bonchev–Trinajstić information content (AvgIpc) is 2.65. The van der Waals surface area contributed by atoms with Crippen molar-refractivity contribution in [2.75, 3.05) is 0 Å². The Morgan fingerprint density at radius 1 is 1.53 bits per heavy atom. The van der Waals surface area contributed by atoms with Gasteiger partial charge in [-0.2, -0.15) is 8.42 Å². The number of rotatable bonds is 5. The van der Waals surface area contributed by atoms with Crippen LogP contribution in [0.1, 0.15) is 39.0 Å². The van der Waals surface area contributed by atoms with Gasteiger partial charge in [0.05, 0.1) is 11.4 Å². The van der Waals surface area contributed by atoms with Crippen LogP contribution < -0.4 is 0 Å². The van der Waals surface area contributed by atoms with Crippen molar-refractivity contribution in [3.8, 4) is 0 Å². The Bertz CT molecular complexity index is 333. The van der Waals surface area contributed by atoms with E-state index in [0.717, 1.165) is 25.7 Å². The molecule has 4 heteroatoms. The molecule has 0 aromatic heterocycles. The third-order valence-electron chi connectivity index (χ3n) is 2.66. The summed E-state index contributed by atoms with van der Waals surface area (Å²) in [6, 6.07) is 0. The first-order chi connectivity index (χ1) is 7.06. The van der Waals surface area contributed by atoms with Gasteiger partial charge in [-0.3, -0.25) is 4.18 Å². The van der Waals surface area contributed by atoms with E-state index in [1.165, 1.54) is 0 Å². The number of allylic oxidation sites excluding steroid dienone is 1. The molecule has 1 rings (SSSR count). The lowest BCUT2D eigenvalue weighted by Crippen LogP contribution is -2.24. The highest BCUT2D eigenvalue weighted by Crippen LogP contribution is 2.24. The molecule has 0 N–H and O–H groups in total. The van der Waals surface area contributed by atoms with Gasteiger partial charge in [-0.05, 0) is 32.3 Å². The fourth-order valence-electron chi connectivity index (χ4n) is 1.64. The fourth-order valence-corrected chi connectivity index (χ4v) is 2.73. The van der Waals surface area contributed by atoms with Crippen LogP contribution >= 0.6 is 0 Å². The van der Waals surface area contributed by atoms with Crippen molar-refractivity contribution in [1.29, 1.82) is 0 Å². The van der Waals surface area contributed by atoms with Crippen molar-refractivity contribution in [3.05, 3.63) is 18.4 Å². The molecule has 0 aliphatic heterocycles. The summed E-state index contributed by atoms with van der Waals surface area (Å²) in [7, 11) is -3.41. The minimum atomic E-state index is -3.41. The van der Waals surface area contributed by atoms with Gasteiger partial charge in [0.1, 0.15) is 0 Å². The van der Waals surface area contributed by atoms with E-state index in [-0.39, 0.29) is 6.10 Å². The van der Waals surface area contributed by atoms with Crippen molar-refractivity contribution in [1.82, 2.24) is 0 Å². The summed E-state index contributed by atoms with van der Waals surface area (Å²) in [4.78, 5) is 0. The zero-order valence-corrected chi connectivity index (χ0v) is 9.92. The van der Waals surface area contributed by atoms with Crippen LogP contribution in [0.4, 0.5) is 0 Å². The van der Waals surface area contributed by atoms with Crippen molar-refractivity contribution < 1.29 is 12.6 Å². The summed E-state index contributed by atoms with van der Waals surface area (Å²) in [5.41, 5.74) is 2.57. The molecule has 1 saturated carbocycles. The maximum Gasteiger partial charge on any atom is 0.270 e. The van der Waals surface area contributed by atoms with Crippen LogP contribution in [0.25, 0.3) is 0 Å². The van der Waals surface area contributed by atoms with Gasteiger partial charge < -0.3 is 0 Å². The van der Waals surface area contributed by atoms with Crippen molar-refractivity contribution in [2.45, 2.75) is 50.4 Å². The second kappa shape index (κ2) is 5.50. The maximum absolute atomic E-state index is 11.7. The van der Waals surface area contributed by atoms with Crippen LogP contribution in [0.2, 0.25) is 0 Å². The van der Waals surface area contributed by atoms with Crippen molar-refractivity contribution in [2.24, 2.45) is 0 Å².